The first-order valence-corrected chi connectivity index (χ1v) is 7.77. The summed E-state index contributed by atoms with van der Waals surface area (Å²) in [6, 6.07) is -0.214. The molecule has 1 N–H and O–H groups in total. The van der Waals surface area contributed by atoms with Gasteiger partial charge in [-0.3, -0.25) is 9.69 Å². The number of rotatable bonds is 7. The van der Waals surface area contributed by atoms with Crippen LogP contribution in [0.5, 0.6) is 0 Å². The van der Waals surface area contributed by atoms with Crippen molar-refractivity contribution in [2.75, 3.05) is 13.6 Å². The van der Waals surface area contributed by atoms with Crippen LogP contribution in [0.15, 0.2) is 4.52 Å². The van der Waals surface area contributed by atoms with Gasteiger partial charge in [-0.15, -0.1) is 0 Å². The Morgan fingerprint density at radius 3 is 2.71 bits per heavy atom. The molecule has 1 amide bonds. The summed E-state index contributed by atoms with van der Waals surface area (Å²) in [6.07, 6.45) is 3.53. The van der Waals surface area contributed by atoms with Gasteiger partial charge in [0.1, 0.15) is 0 Å². The van der Waals surface area contributed by atoms with Gasteiger partial charge in [0, 0.05) is 12.5 Å². The van der Waals surface area contributed by atoms with E-state index in [0.717, 1.165) is 18.7 Å². The van der Waals surface area contributed by atoms with Crippen LogP contribution in [-0.4, -0.2) is 40.6 Å². The summed E-state index contributed by atoms with van der Waals surface area (Å²) in [5.41, 5.74) is 0. The number of hydrogen-bond donors (Lipinski definition) is 1. The Bertz CT molecular complexity index is 468. The van der Waals surface area contributed by atoms with Crippen molar-refractivity contribution in [3.63, 3.8) is 0 Å². The molecule has 2 rings (SSSR count). The van der Waals surface area contributed by atoms with Gasteiger partial charge in [-0.1, -0.05) is 25.4 Å². The monoisotopic (exact) mass is 294 g/mol. The summed E-state index contributed by atoms with van der Waals surface area (Å²) in [5.74, 6) is 2.34. The third-order valence-corrected chi connectivity index (χ3v) is 4.05. The van der Waals surface area contributed by atoms with Crippen LogP contribution in [0.1, 0.15) is 57.7 Å². The van der Waals surface area contributed by atoms with Gasteiger partial charge in [0.05, 0.1) is 12.6 Å². The normalized spacial score (nSPS) is 17.0. The second-order valence-electron chi connectivity index (χ2n) is 6.41. The second kappa shape index (κ2) is 7.02. The quantitative estimate of drug-likeness (QED) is 0.832. The van der Waals surface area contributed by atoms with Crippen molar-refractivity contribution in [2.45, 2.75) is 58.5 Å². The molecule has 1 atom stereocenters. The van der Waals surface area contributed by atoms with Crippen LogP contribution in [0.25, 0.3) is 0 Å². The van der Waals surface area contributed by atoms with E-state index in [4.69, 9.17) is 4.52 Å². The first-order valence-electron chi connectivity index (χ1n) is 7.77. The number of likely N-dealkylation sites (N-methyl/N-ethyl adjacent to an activating group) is 1. The lowest BCUT2D eigenvalue weighted by atomic mass is 9.85. The molecule has 1 aliphatic rings. The Morgan fingerprint density at radius 2 is 2.14 bits per heavy atom. The molecule has 1 saturated carbocycles. The molecule has 0 aromatic carbocycles. The maximum absolute atomic E-state index is 12.0. The van der Waals surface area contributed by atoms with E-state index in [9.17, 15) is 4.79 Å². The predicted molar refractivity (Wildman–Crippen MR) is 79.7 cm³/mol. The first kappa shape index (κ1) is 15.9. The van der Waals surface area contributed by atoms with Crippen LogP contribution in [0, 0.1) is 5.92 Å². The number of nitrogens with zero attached hydrogens (tertiary/aromatic N) is 3. The molecule has 118 valence electrons. The number of carbonyl (C=O) groups is 1. The average molecular weight is 294 g/mol. The summed E-state index contributed by atoms with van der Waals surface area (Å²) >= 11 is 0. The molecule has 21 heavy (non-hydrogen) atoms. The fraction of sp³-hybridized carbons (Fsp3) is 0.800. The van der Waals surface area contributed by atoms with Gasteiger partial charge in [-0.25, -0.2) is 0 Å². The van der Waals surface area contributed by atoms with Crippen molar-refractivity contribution in [3.8, 4) is 0 Å². The standard InChI is InChI=1S/C15H26N4O2/c1-10(2)8-16-14(20)11(3)19(4)9-13-17-15(21-18-13)12-6-5-7-12/h10-12H,5-9H2,1-4H3,(H,16,20)/t11-/m1/s1. The number of nitrogens with one attached hydrogen (secondary N) is 1. The lowest BCUT2D eigenvalue weighted by Gasteiger charge is -2.23. The Morgan fingerprint density at radius 1 is 1.43 bits per heavy atom. The number of carbonyl (C=O) groups excluding carboxylic acids is 1. The number of amides is 1. The van der Waals surface area contributed by atoms with Crippen molar-refractivity contribution < 1.29 is 9.32 Å². The van der Waals surface area contributed by atoms with E-state index in [2.05, 4.69) is 29.3 Å². The molecule has 0 unspecified atom stereocenters. The van der Waals surface area contributed by atoms with Crippen LogP contribution >= 0.6 is 0 Å². The Balaban J connectivity index is 1.83. The lowest BCUT2D eigenvalue weighted by molar-refractivity contribution is -0.125. The number of hydrogen-bond acceptors (Lipinski definition) is 5. The van der Waals surface area contributed by atoms with E-state index >= 15 is 0 Å². The zero-order valence-electron chi connectivity index (χ0n) is 13.4. The highest BCUT2D eigenvalue weighted by atomic mass is 16.5. The molecule has 0 aliphatic heterocycles. The van der Waals surface area contributed by atoms with E-state index in [1.165, 1.54) is 6.42 Å². The molecule has 1 heterocycles. The van der Waals surface area contributed by atoms with Crippen LogP contribution in [0.3, 0.4) is 0 Å². The molecule has 0 saturated heterocycles. The van der Waals surface area contributed by atoms with Crippen molar-refractivity contribution in [1.82, 2.24) is 20.4 Å². The van der Waals surface area contributed by atoms with E-state index in [1.807, 2.05) is 18.9 Å². The highest BCUT2D eigenvalue weighted by molar-refractivity contribution is 5.81. The summed E-state index contributed by atoms with van der Waals surface area (Å²) < 4.78 is 5.30. The maximum atomic E-state index is 12.0. The third kappa shape index (κ3) is 4.27. The summed E-state index contributed by atoms with van der Waals surface area (Å²) in [6.45, 7) is 7.27. The van der Waals surface area contributed by atoms with E-state index in [0.29, 0.717) is 30.7 Å². The molecule has 0 radical (unpaired) electrons. The zero-order chi connectivity index (χ0) is 15.4. The van der Waals surface area contributed by atoms with Gasteiger partial charge >= 0.3 is 0 Å². The highest BCUT2D eigenvalue weighted by Crippen LogP contribution is 2.35. The Labute approximate surface area is 126 Å². The topological polar surface area (TPSA) is 71.3 Å². The molecule has 6 nitrogen and oxygen atoms in total. The fourth-order valence-electron chi connectivity index (χ4n) is 2.17. The number of aromatic nitrogens is 2. The van der Waals surface area contributed by atoms with Gasteiger partial charge in [0.15, 0.2) is 5.82 Å². The van der Waals surface area contributed by atoms with Gasteiger partial charge in [0.25, 0.3) is 0 Å². The minimum absolute atomic E-state index is 0.0360. The molecule has 6 heteroatoms. The van der Waals surface area contributed by atoms with Gasteiger partial charge < -0.3 is 9.84 Å². The average Bonchev–Trinajstić information content (AvgIpc) is 2.80. The molecular weight excluding hydrogens is 268 g/mol. The summed E-state index contributed by atoms with van der Waals surface area (Å²) in [7, 11) is 1.90. The molecule has 1 aliphatic carbocycles. The lowest BCUT2D eigenvalue weighted by Crippen LogP contribution is -2.44. The van der Waals surface area contributed by atoms with Crippen LogP contribution < -0.4 is 5.32 Å². The third-order valence-electron chi connectivity index (χ3n) is 4.05. The minimum atomic E-state index is -0.214. The van der Waals surface area contributed by atoms with Crippen molar-refractivity contribution in [1.29, 1.82) is 0 Å². The summed E-state index contributed by atoms with van der Waals surface area (Å²) in [5, 5.41) is 6.96. The van der Waals surface area contributed by atoms with Crippen LogP contribution in [0.2, 0.25) is 0 Å². The maximum Gasteiger partial charge on any atom is 0.237 e. The Kier molecular flexibility index (Phi) is 5.33. The largest absolute Gasteiger partial charge is 0.354 e. The smallest absolute Gasteiger partial charge is 0.237 e. The highest BCUT2D eigenvalue weighted by Gasteiger charge is 2.26. The van der Waals surface area contributed by atoms with Crippen LogP contribution in [0.4, 0.5) is 0 Å². The molecular formula is C15H26N4O2. The van der Waals surface area contributed by atoms with E-state index in [-0.39, 0.29) is 11.9 Å². The summed E-state index contributed by atoms with van der Waals surface area (Å²) in [4.78, 5) is 18.4. The van der Waals surface area contributed by atoms with Gasteiger partial charge in [-0.2, -0.15) is 4.98 Å². The van der Waals surface area contributed by atoms with Gasteiger partial charge in [-0.05, 0) is 32.7 Å². The van der Waals surface area contributed by atoms with Crippen molar-refractivity contribution >= 4 is 5.91 Å². The van der Waals surface area contributed by atoms with E-state index in [1.54, 1.807) is 0 Å². The fourth-order valence-corrected chi connectivity index (χ4v) is 2.17. The van der Waals surface area contributed by atoms with Gasteiger partial charge in [0.2, 0.25) is 11.8 Å². The van der Waals surface area contributed by atoms with E-state index < -0.39 is 0 Å². The second-order valence-corrected chi connectivity index (χ2v) is 6.41. The predicted octanol–water partition coefficient (Wildman–Crippen LogP) is 1.93. The Hall–Kier alpha value is -1.43. The molecule has 1 aromatic rings. The van der Waals surface area contributed by atoms with Crippen LogP contribution in [-0.2, 0) is 11.3 Å². The molecule has 0 bridgehead atoms. The van der Waals surface area contributed by atoms with Crippen molar-refractivity contribution in [2.24, 2.45) is 5.92 Å². The minimum Gasteiger partial charge on any atom is -0.354 e. The first-order chi connectivity index (χ1) is 9.97. The SMILES string of the molecule is CC(C)CNC(=O)[C@@H](C)N(C)Cc1noc(C2CCC2)n1. The van der Waals surface area contributed by atoms with Crippen molar-refractivity contribution in [3.05, 3.63) is 11.7 Å². The molecule has 0 spiro atoms. The zero-order valence-corrected chi connectivity index (χ0v) is 13.4. The molecule has 1 aromatic heterocycles. The molecule has 1 fully saturated rings.